The first-order chi connectivity index (χ1) is 16.9. The van der Waals surface area contributed by atoms with Crippen LogP contribution in [0.15, 0.2) is 53.5 Å². The molecule has 4 aromatic rings. The van der Waals surface area contributed by atoms with Crippen molar-refractivity contribution in [3.63, 3.8) is 0 Å². The maximum absolute atomic E-state index is 13.6. The number of imidazole rings is 1. The Labute approximate surface area is 205 Å². The molecule has 1 saturated heterocycles. The van der Waals surface area contributed by atoms with Gasteiger partial charge in [0.2, 0.25) is 5.82 Å². The van der Waals surface area contributed by atoms with Crippen LogP contribution >= 0.6 is 11.6 Å². The van der Waals surface area contributed by atoms with Crippen LogP contribution in [0.4, 0.5) is 22.0 Å². The molecule has 0 spiro atoms. The van der Waals surface area contributed by atoms with Gasteiger partial charge in [0, 0.05) is 24.4 Å². The van der Waals surface area contributed by atoms with Crippen molar-refractivity contribution in [1.82, 2.24) is 24.8 Å². The highest BCUT2D eigenvalue weighted by Crippen LogP contribution is 2.35. The Morgan fingerprint density at radius 2 is 2.03 bits per heavy atom. The molecule has 188 valence electrons. The molecule has 5 rings (SSSR count). The number of nitrogens with zero attached hydrogens (tertiary/aromatic N) is 4. The second-order valence-corrected chi connectivity index (χ2v) is 8.78. The number of pyridine rings is 1. The number of halogens is 6. The number of nitrogens with one attached hydrogen (secondary N) is 1. The molecular formula is C23H17ClF5N5O2. The van der Waals surface area contributed by atoms with E-state index in [0.717, 1.165) is 16.7 Å². The van der Waals surface area contributed by atoms with Gasteiger partial charge in [-0.05, 0) is 36.8 Å². The van der Waals surface area contributed by atoms with Crippen LogP contribution in [0, 0.1) is 6.92 Å². The molecule has 13 heteroatoms. The van der Waals surface area contributed by atoms with Gasteiger partial charge in [-0.25, -0.2) is 4.98 Å². The summed E-state index contributed by atoms with van der Waals surface area (Å²) in [6.45, 7) is 5.14. The van der Waals surface area contributed by atoms with Crippen molar-refractivity contribution in [3.05, 3.63) is 65.1 Å². The molecule has 0 saturated carbocycles. The zero-order valence-electron chi connectivity index (χ0n) is 18.5. The lowest BCUT2D eigenvalue weighted by Crippen LogP contribution is -2.27. The molecule has 0 amide bonds. The summed E-state index contributed by atoms with van der Waals surface area (Å²) in [7, 11) is 0. The van der Waals surface area contributed by atoms with Crippen molar-refractivity contribution in [1.29, 1.82) is 0 Å². The molecule has 0 radical (unpaired) electrons. The van der Waals surface area contributed by atoms with E-state index in [-0.39, 0.29) is 46.8 Å². The molecule has 0 aliphatic carbocycles. The maximum atomic E-state index is 13.6. The molecule has 3 aromatic heterocycles. The Bertz CT molecular complexity index is 1480. The van der Waals surface area contributed by atoms with E-state index >= 15 is 0 Å². The predicted molar refractivity (Wildman–Crippen MR) is 120 cm³/mol. The van der Waals surface area contributed by atoms with Gasteiger partial charge in [0.25, 0.3) is 11.8 Å². The molecule has 1 aliphatic heterocycles. The first kappa shape index (κ1) is 24.0. The number of hydrogen-bond donors (Lipinski definition) is 1. The Morgan fingerprint density at radius 3 is 2.69 bits per heavy atom. The second-order valence-electron chi connectivity index (χ2n) is 8.37. The van der Waals surface area contributed by atoms with Gasteiger partial charge in [0.15, 0.2) is 5.65 Å². The Morgan fingerprint density at radius 1 is 1.25 bits per heavy atom. The number of alkyl halides is 5. The van der Waals surface area contributed by atoms with Crippen LogP contribution in [0.1, 0.15) is 17.5 Å². The minimum atomic E-state index is -4.57. The third-order valence-corrected chi connectivity index (χ3v) is 5.95. The third kappa shape index (κ3) is 4.48. The first-order valence-electron chi connectivity index (χ1n) is 10.6. The molecule has 1 aliphatic rings. The average Bonchev–Trinajstić information content (AvgIpc) is 3.50. The van der Waals surface area contributed by atoms with Crippen LogP contribution in [-0.4, -0.2) is 38.1 Å². The van der Waals surface area contributed by atoms with Crippen LogP contribution in [-0.2, 0) is 6.18 Å². The summed E-state index contributed by atoms with van der Waals surface area (Å²) in [6, 6.07) is 5.30. The standard InChI is InChI=1S/C23H17ClF5N5O2/c1-11-5-13(3-4-18(11)35-10-15-7-22(25,26)12(2)30-15)19-32-21(36-33-19)17-9-34-8-14(23(27,28)29)6-16(24)20(34)31-17/h3-6,8-9,15,30H,2,7,10H2,1H3/t15-/m0/s1. The van der Waals surface area contributed by atoms with Crippen molar-refractivity contribution in [2.45, 2.75) is 31.5 Å². The summed E-state index contributed by atoms with van der Waals surface area (Å²) in [5.74, 6) is -2.26. The van der Waals surface area contributed by atoms with E-state index in [1.807, 2.05) is 0 Å². The van der Waals surface area contributed by atoms with E-state index in [0.29, 0.717) is 16.9 Å². The zero-order chi connectivity index (χ0) is 25.8. The van der Waals surface area contributed by atoms with Gasteiger partial charge in [0.1, 0.15) is 18.1 Å². The molecule has 1 aromatic carbocycles. The lowest BCUT2D eigenvalue weighted by Gasteiger charge is -2.14. The minimum Gasteiger partial charge on any atom is -0.491 e. The summed E-state index contributed by atoms with van der Waals surface area (Å²) >= 11 is 5.98. The van der Waals surface area contributed by atoms with E-state index in [9.17, 15) is 22.0 Å². The van der Waals surface area contributed by atoms with Crippen molar-refractivity contribution in [3.8, 4) is 28.7 Å². The number of benzene rings is 1. The lowest BCUT2D eigenvalue weighted by molar-refractivity contribution is -0.137. The van der Waals surface area contributed by atoms with E-state index in [1.54, 1.807) is 25.1 Å². The zero-order valence-corrected chi connectivity index (χ0v) is 19.3. The fraction of sp³-hybridized carbons (Fsp3) is 0.261. The van der Waals surface area contributed by atoms with Gasteiger partial charge in [0.05, 0.1) is 22.3 Å². The maximum Gasteiger partial charge on any atom is 0.417 e. The molecule has 7 nitrogen and oxygen atoms in total. The number of ether oxygens (including phenoxy) is 1. The topological polar surface area (TPSA) is 77.5 Å². The van der Waals surface area contributed by atoms with Gasteiger partial charge in [-0.15, -0.1) is 0 Å². The Kier molecular flexibility index (Phi) is 5.66. The highest BCUT2D eigenvalue weighted by Gasteiger charge is 2.43. The first-order valence-corrected chi connectivity index (χ1v) is 11.0. The van der Waals surface area contributed by atoms with Crippen molar-refractivity contribution in [2.75, 3.05) is 6.61 Å². The van der Waals surface area contributed by atoms with Crippen LogP contribution in [0.3, 0.4) is 0 Å². The second kappa shape index (κ2) is 8.47. The fourth-order valence-electron chi connectivity index (χ4n) is 3.84. The van der Waals surface area contributed by atoms with Crippen molar-refractivity contribution in [2.24, 2.45) is 0 Å². The van der Waals surface area contributed by atoms with Crippen LogP contribution in [0.25, 0.3) is 28.6 Å². The number of allylic oxidation sites excluding steroid dienone is 1. The highest BCUT2D eigenvalue weighted by molar-refractivity contribution is 6.33. The number of aryl methyl sites for hydroxylation is 1. The fourth-order valence-corrected chi connectivity index (χ4v) is 4.09. The normalized spacial score (nSPS) is 17.5. The predicted octanol–water partition coefficient (Wildman–Crippen LogP) is 5.92. The van der Waals surface area contributed by atoms with Gasteiger partial charge in [-0.3, -0.25) is 0 Å². The average molecular weight is 526 g/mol. The number of fused-ring (bicyclic) bond motifs is 1. The van der Waals surface area contributed by atoms with Gasteiger partial charge >= 0.3 is 6.18 Å². The quantitative estimate of drug-likeness (QED) is 0.326. The lowest BCUT2D eigenvalue weighted by atomic mass is 10.1. The summed E-state index contributed by atoms with van der Waals surface area (Å²) < 4.78 is 78.5. The molecule has 0 bridgehead atoms. The van der Waals surface area contributed by atoms with Gasteiger partial charge in [-0.1, -0.05) is 23.3 Å². The van der Waals surface area contributed by atoms with Crippen molar-refractivity contribution >= 4 is 17.2 Å². The Hall–Kier alpha value is -3.67. The smallest absolute Gasteiger partial charge is 0.417 e. The number of rotatable bonds is 5. The summed E-state index contributed by atoms with van der Waals surface area (Å²) in [5.41, 5.74) is 0.306. The largest absolute Gasteiger partial charge is 0.491 e. The molecule has 4 heterocycles. The monoisotopic (exact) mass is 525 g/mol. The minimum absolute atomic E-state index is 0.00947. The summed E-state index contributed by atoms with van der Waals surface area (Å²) in [5, 5.41) is 6.39. The van der Waals surface area contributed by atoms with E-state index in [1.165, 1.54) is 6.20 Å². The molecule has 1 fully saturated rings. The van der Waals surface area contributed by atoms with Crippen LogP contribution in [0.2, 0.25) is 5.02 Å². The number of aromatic nitrogens is 4. The van der Waals surface area contributed by atoms with E-state index in [4.69, 9.17) is 20.9 Å². The summed E-state index contributed by atoms with van der Waals surface area (Å²) in [4.78, 5) is 8.49. The molecular weight excluding hydrogens is 509 g/mol. The molecule has 0 unspecified atom stereocenters. The van der Waals surface area contributed by atoms with E-state index in [2.05, 4.69) is 27.0 Å². The Balaban J connectivity index is 1.34. The SMILES string of the molecule is C=C1N[C@H](COc2ccc(-c3noc(-c4cn5cc(C(F)(F)F)cc(Cl)c5n4)n3)cc2C)CC1(F)F. The molecule has 1 atom stereocenters. The summed E-state index contributed by atoms with van der Waals surface area (Å²) in [6.07, 6.45) is -2.78. The van der Waals surface area contributed by atoms with E-state index < -0.39 is 23.7 Å². The van der Waals surface area contributed by atoms with Gasteiger partial charge in [-0.2, -0.15) is 26.9 Å². The molecule has 1 N–H and O–H groups in total. The van der Waals surface area contributed by atoms with Gasteiger partial charge < -0.3 is 19.0 Å². The van der Waals surface area contributed by atoms with Crippen LogP contribution < -0.4 is 10.1 Å². The molecule has 36 heavy (non-hydrogen) atoms. The highest BCUT2D eigenvalue weighted by atomic mass is 35.5. The van der Waals surface area contributed by atoms with Crippen LogP contribution in [0.5, 0.6) is 5.75 Å². The van der Waals surface area contributed by atoms with Crippen molar-refractivity contribution < 1.29 is 31.2 Å². The number of hydrogen-bond acceptors (Lipinski definition) is 6. The third-order valence-electron chi connectivity index (χ3n) is 5.67.